The lowest BCUT2D eigenvalue weighted by atomic mass is 10.0. The standard InChI is InChI=1S/C35H29N3O9/c1-20-12-16-23(17-13-20)33(42)45-28(32(40)41)29(46-34(43)24-18-14-21(2)15-19-24)35(44)47-38-26-11-7-6-10-25(26)27(37-30(36)31(38)39)22-8-4-3-5-9-22/h3-19,28-30H,36H2,1-2H3,(H,40,41)/t28-,29-,30?/m1/s1. The second-order valence-corrected chi connectivity index (χ2v) is 10.6. The normalized spacial score (nSPS) is 15.3. The molecule has 0 saturated heterocycles. The largest absolute Gasteiger partial charge is 0.478 e. The molecule has 0 aliphatic carbocycles. The van der Waals surface area contributed by atoms with Gasteiger partial charge < -0.3 is 25.2 Å². The van der Waals surface area contributed by atoms with Crippen molar-refractivity contribution in [2.24, 2.45) is 10.7 Å². The van der Waals surface area contributed by atoms with Gasteiger partial charge >= 0.3 is 23.9 Å². The van der Waals surface area contributed by atoms with E-state index in [1.165, 1.54) is 30.3 Å². The van der Waals surface area contributed by atoms with E-state index >= 15 is 0 Å². The van der Waals surface area contributed by atoms with Gasteiger partial charge in [-0.3, -0.25) is 9.79 Å². The first kappa shape index (κ1) is 32.3. The monoisotopic (exact) mass is 635 g/mol. The maximum atomic E-state index is 13.8. The number of anilines is 1. The average Bonchev–Trinajstić information content (AvgIpc) is 3.17. The third kappa shape index (κ3) is 7.24. The fourth-order valence-electron chi connectivity index (χ4n) is 4.64. The molecule has 4 aromatic rings. The van der Waals surface area contributed by atoms with Crippen molar-refractivity contribution >= 4 is 41.2 Å². The Morgan fingerprint density at radius 2 is 1.26 bits per heavy atom. The first-order chi connectivity index (χ1) is 22.5. The Bertz CT molecular complexity index is 1860. The summed E-state index contributed by atoms with van der Waals surface area (Å²) in [5.41, 5.74) is 9.09. The van der Waals surface area contributed by atoms with Gasteiger partial charge in [0, 0.05) is 11.1 Å². The molecule has 0 bridgehead atoms. The van der Waals surface area contributed by atoms with Gasteiger partial charge in [0.2, 0.25) is 12.2 Å². The molecule has 4 aromatic carbocycles. The number of carbonyl (C=O) groups excluding carboxylic acids is 4. The van der Waals surface area contributed by atoms with Gasteiger partial charge in [-0.2, -0.15) is 0 Å². The van der Waals surface area contributed by atoms with Crippen LogP contribution in [-0.2, 0) is 28.7 Å². The molecule has 5 rings (SSSR count). The first-order valence-electron chi connectivity index (χ1n) is 14.4. The fraction of sp³-hybridized carbons (Fsp3) is 0.143. The number of amides is 1. The van der Waals surface area contributed by atoms with E-state index in [0.717, 1.165) is 11.1 Å². The smallest absolute Gasteiger partial charge is 0.377 e. The minimum atomic E-state index is -2.38. The summed E-state index contributed by atoms with van der Waals surface area (Å²) in [6, 6.07) is 27.3. The fourth-order valence-corrected chi connectivity index (χ4v) is 4.64. The van der Waals surface area contributed by atoms with Gasteiger partial charge in [0.15, 0.2) is 6.17 Å². The SMILES string of the molecule is Cc1ccc(C(=O)O[C@@H](C(=O)O)[C@@H](OC(=O)c2ccc(C)cc2)C(=O)ON2C(=O)C(N)N=C(c3ccccc3)c3ccccc32)cc1. The van der Waals surface area contributed by atoms with Crippen LogP contribution in [0.15, 0.2) is 108 Å². The van der Waals surface area contributed by atoms with Crippen LogP contribution in [0.25, 0.3) is 0 Å². The average molecular weight is 636 g/mol. The Balaban J connectivity index is 1.51. The maximum Gasteiger partial charge on any atom is 0.377 e. The number of carboxylic acids is 1. The van der Waals surface area contributed by atoms with E-state index in [1.54, 1.807) is 86.6 Å². The lowest BCUT2D eigenvalue weighted by Crippen LogP contribution is -2.50. The van der Waals surface area contributed by atoms with Crippen LogP contribution >= 0.6 is 0 Å². The number of ether oxygens (including phenoxy) is 2. The number of hydroxylamine groups is 1. The molecule has 1 aliphatic heterocycles. The van der Waals surface area contributed by atoms with Crippen LogP contribution in [0.4, 0.5) is 5.69 Å². The lowest BCUT2D eigenvalue weighted by molar-refractivity contribution is -0.173. The molecule has 0 spiro atoms. The summed E-state index contributed by atoms with van der Waals surface area (Å²) in [6.07, 6.45) is -6.30. The molecular formula is C35H29N3O9. The third-order valence-electron chi connectivity index (χ3n) is 7.12. The summed E-state index contributed by atoms with van der Waals surface area (Å²) < 4.78 is 10.6. The number of nitrogens with two attached hydrogens (primary N) is 1. The van der Waals surface area contributed by atoms with Gasteiger partial charge in [0.25, 0.3) is 5.91 Å². The number of carboxylic acid groups (broad SMARTS) is 1. The Labute approximate surface area is 269 Å². The molecule has 3 atom stereocenters. The molecule has 0 saturated carbocycles. The van der Waals surface area contributed by atoms with E-state index in [1.807, 2.05) is 0 Å². The summed E-state index contributed by atoms with van der Waals surface area (Å²) in [5.74, 6) is -6.56. The molecule has 3 N–H and O–H groups in total. The zero-order valence-electron chi connectivity index (χ0n) is 25.2. The number of benzene rings is 4. The Kier molecular flexibility index (Phi) is 9.52. The highest BCUT2D eigenvalue weighted by molar-refractivity contribution is 6.20. The summed E-state index contributed by atoms with van der Waals surface area (Å²) in [6.45, 7) is 3.57. The number of rotatable bonds is 9. The van der Waals surface area contributed by atoms with Gasteiger partial charge in [-0.1, -0.05) is 83.9 Å². The van der Waals surface area contributed by atoms with Crippen molar-refractivity contribution in [3.63, 3.8) is 0 Å². The second-order valence-electron chi connectivity index (χ2n) is 10.6. The molecule has 0 fully saturated rings. The summed E-state index contributed by atoms with van der Waals surface area (Å²) in [7, 11) is 0. The molecule has 0 radical (unpaired) electrons. The third-order valence-corrected chi connectivity index (χ3v) is 7.12. The van der Waals surface area contributed by atoms with Crippen molar-refractivity contribution < 1.29 is 43.4 Å². The van der Waals surface area contributed by atoms with Crippen molar-refractivity contribution in [2.45, 2.75) is 32.2 Å². The lowest BCUT2D eigenvalue weighted by Gasteiger charge is -2.27. The number of carbonyl (C=O) groups is 5. The van der Waals surface area contributed by atoms with E-state index in [4.69, 9.17) is 20.0 Å². The van der Waals surface area contributed by atoms with Gasteiger partial charge in [-0.25, -0.2) is 19.2 Å². The quantitative estimate of drug-likeness (QED) is 0.258. The van der Waals surface area contributed by atoms with Crippen LogP contribution in [0.1, 0.15) is 43.0 Å². The van der Waals surface area contributed by atoms with Gasteiger partial charge in [0.05, 0.1) is 22.5 Å². The summed E-state index contributed by atoms with van der Waals surface area (Å²) in [4.78, 5) is 75.9. The molecule has 12 nitrogen and oxygen atoms in total. The van der Waals surface area contributed by atoms with Crippen molar-refractivity contribution in [3.05, 3.63) is 137 Å². The number of benzodiazepines with no additional fused rings is 1. The van der Waals surface area contributed by atoms with E-state index in [0.29, 0.717) is 21.9 Å². The number of hydrogen-bond donors (Lipinski definition) is 2. The summed E-state index contributed by atoms with van der Waals surface area (Å²) >= 11 is 0. The molecule has 47 heavy (non-hydrogen) atoms. The van der Waals surface area contributed by atoms with Crippen LogP contribution in [0.3, 0.4) is 0 Å². The molecular weight excluding hydrogens is 606 g/mol. The second kappa shape index (κ2) is 13.9. The van der Waals surface area contributed by atoms with Crippen LogP contribution < -0.4 is 10.8 Å². The maximum absolute atomic E-state index is 13.8. The number of aliphatic carboxylic acids is 1. The van der Waals surface area contributed by atoms with Crippen LogP contribution in [0.5, 0.6) is 0 Å². The van der Waals surface area contributed by atoms with Gasteiger partial charge in [-0.15, -0.1) is 5.06 Å². The van der Waals surface area contributed by atoms with E-state index in [-0.39, 0.29) is 16.8 Å². The first-order valence-corrected chi connectivity index (χ1v) is 14.4. The number of fused-ring (bicyclic) bond motifs is 1. The van der Waals surface area contributed by atoms with Crippen molar-refractivity contribution in [1.29, 1.82) is 0 Å². The van der Waals surface area contributed by atoms with Crippen molar-refractivity contribution in [3.8, 4) is 0 Å². The molecule has 1 aliphatic rings. The molecule has 1 unspecified atom stereocenters. The Morgan fingerprint density at radius 1 is 0.745 bits per heavy atom. The number of aryl methyl sites for hydroxylation is 2. The van der Waals surface area contributed by atoms with Crippen LogP contribution in [0, 0.1) is 13.8 Å². The zero-order chi connectivity index (χ0) is 33.7. The number of hydrogen-bond acceptors (Lipinski definition) is 10. The molecule has 12 heteroatoms. The van der Waals surface area contributed by atoms with E-state index in [2.05, 4.69) is 4.99 Å². The Hall–Kier alpha value is -6.14. The van der Waals surface area contributed by atoms with Gasteiger partial charge in [0.1, 0.15) is 0 Å². The minimum absolute atomic E-state index is 0.0213. The zero-order valence-corrected chi connectivity index (χ0v) is 25.2. The Morgan fingerprint density at radius 3 is 1.81 bits per heavy atom. The van der Waals surface area contributed by atoms with Crippen molar-refractivity contribution in [1.82, 2.24) is 0 Å². The molecule has 238 valence electrons. The summed E-state index contributed by atoms with van der Waals surface area (Å²) in [5, 5.41) is 10.7. The molecule has 0 aromatic heterocycles. The highest BCUT2D eigenvalue weighted by Crippen LogP contribution is 2.29. The predicted molar refractivity (Wildman–Crippen MR) is 168 cm³/mol. The molecule has 1 amide bonds. The highest BCUT2D eigenvalue weighted by atomic mass is 16.7. The van der Waals surface area contributed by atoms with E-state index in [9.17, 15) is 29.1 Å². The van der Waals surface area contributed by atoms with E-state index < -0.39 is 48.2 Å². The topological polar surface area (TPSA) is 175 Å². The minimum Gasteiger partial charge on any atom is -0.478 e. The van der Waals surface area contributed by atoms with Crippen molar-refractivity contribution in [2.75, 3.05) is 5.06 Å². The molecule has 1 heterocycles. The number of aliphatic imine (C=N–C) groups is 1. The van der Waals surface area contributed by atoms with Gasteiger partial charge in [-0.05, 0) is 44.2 Å². The highest BCUT2D eigenvalue weighted by Gasteiger charge is 2.44. The predicted octanol–water partition coefficient (Wildman–Crippen LogP) is 3.77. The number of nitrogens with zero attached hydrogens (tertiary/aromatic N) is 2. The van der Waals surface area contributed by atoms with Crippen LogP contribution in [-0.4, -0.2) is 59.0 Å². The van der Waals surface area contributed by atoms with Crippen LogP contribution in [0.2, 0.25) is 0 Å². The number of esters is 2. The number of para-hydroxylation sites is 1.